The van der Waals surface area contributed by atoms with E-state index >= 15 is 0 Å². The molecule has 0 radical (unpaired) electrons. The van der Waals surface area contributed by atoms with Gasteiger partial charge in [-0.25, -0.2) is 8.78 Å². The van der Waals surface area contributed by atoms with Crippen LogP contribution in [-0.2, 0) is 0 Å². The molecule has 8 heteroatoms. The third-order valence-corrected chi connectivity index (χ3v) is 4.56. The van der Waals surface area contributed by atoms with Crippen molar-refractivity contribution in [3.63, 3.8) is 0 Å². The molecule has 1 heterocycles. The predicted octanol–water partition coefficient (Wildman–Crippen LogP) is 6.91. The minimum Gasteiger partial charge on any atom is -0.484 e. The Kier molecular flexibility index (Phi) is 7.89. The number of hydrogen-bond donors (Lipinski definition) is 1. The van der Waals surface area contributed by atoms with E-state index in [2.05, 4.69) is 16.6 Å². The van der Waals surface area contributed by atoms with E-state index in [-0.39, 0.29) is 12.1 Å². The van der Waals surface area contributed by atoms with Crippen molar-refractivity contribution in [1.29, 1.82) is 0 Å². The predicted molar refractivity (Wildman–Crippen MR) is 109 cm³/mol. The Bertz CT molecular complexity index is 902. The van der Waals surface area contributed by atoms with E-state index in [0.717, 1.165) is 12.1 Å². The molecule has 3 rings (SSSR count). The van der Waals surface area contributed by atoms with E-state index < -0.39 is 41.1 Å². The van der Waals surface area contributed by atoms with Crippen LogP contribution < -0.4 is 10.1 Å². The van der Waals surface area contributed by atoms with E-state index in [1.807, 2.05) is 13.8 Å². The summed E-state index contributed by atoms with van der Waals surface area (Å²) in [6.07, 6.45) is -4.34. The molecule has 0 fully saturated rings. The Hall–Kier alpha value is -2.54. The number of hydrogen-bond acceptors (Lipinski definition) is 2. The van der Waals surface area contributed by atoms with Crippen molar-refractivity contribution in [1.82, 2.24) is 5.32 Å². The maximum Gasteiger partial charge on any atom is 0.422 e. The second-order valence-corrected chi connectivity index (χ2v) is 6.73. The van der Waals surface area contributed by atoms with Crippen LogP contribution in [0.15, 0.2) is 54.7 Å². The van der Waals surface area contributed by atoms with E-state index in [0.29, 0.717) is 16.8 Å². The molecule has 0 saturated heterocycles. The first-order valence-corrected chi connectivity index (χ1v) is 9.67. The molecular formula is C22H21ClF5NO. The van der Waals surface area contributed by atoms with Gasteiger partial charge in [-0.05, 0) is 17.6 Å². The normalized spacial score (nSPS) is 16.5. The summed E-state index contributed by atoms with van der Waals surface area (Å²) in [5.41, 5.74) is 1.36. The monoisotopic (exact) mass is 445 g/mol. The van der Waals surface area contributed by atoms with Gasteiger partial charge in [0.15, 0.2) is 6.61 Å². The van der Waals surface area contributed by atoms with Crippen LogP contribution in [0.25, 0.3) is 11.3 Å². The first-order chi connectivity index (χ1) is 14.2. The molecule has 2 aromatic rings. The molecule has 0 amide bonds. The summed E-state index contributed by atoms with van der Waals surface area (Å²) >= 11 is 6.24. The van der Waals surface area contributed by atoms with Gasteiger partial charge in [0.25, 0.3) is 0 Å². The Labute approximate surface area is 177 Å². The van der Waals surface area contributed by atoms with Crippen LogP contribution in [-0.4, -0.2) is 18.2 Å². The van der Waals surface area contributed by atoms with Gasteiger partial charge in [-0.1, -0.05) is 50.8 Å². The van der Waals surface area contributed by atoms with Crippen LogP contribution in [0.1, 0.15) is 31.4 Å². The van der Waals surface area contributed by atoms with E-state index in [1.165, 1.54) is 0 Å². The molecule has 0 bridgehead atoms. The lowest BCUT2D eigenvalue weighted by atomic mass is 9.91. The summed E-state index contributed by atoms with van der Waals surface area (Å²) in [7, 11) is 0. The highest BCUT2D eigenvalue weighted by Gasteiger charge is 2.30. The van der Waals surface area contributed by atoms with Crippen LogP contribution in [0.5, 0.6) is 5.75 Å². The van der Waals surface area contributed by atoms with Crippen molar-refractivity contribution >= 4 is 22.9 Å². The summed E-state index contributed by atoms with van der Waals surface area (Å²) in [5.74, 6) is -2.68. The molecule has 1 aliphatic heterocycles. The Balaban J connectivity index is 0.00000155. The van der Waals surface area contributed by atoms with Gasteiger partial charge in [0.2, 0.25) is 0 Å². The van der Waals surface area contributed by atoms with Crippen molar-refractivity contribution in [3.8, 4) is 5.75 Å². The van der Waals surface area contributed by atoms with Crippen molar-refractivity contribution in [2.75, 3.05) is 6.61 Å². The fraction of sp³-hybridized carbons (Fsp3) is 0.273. The van der Waals surface area contributed by atoms with Gasteiger partial charge in [-0.15, -0.1) is 11.6 Å². The first-order valence-electron chi connectivity index (χ1n) is 9.23. The number of benzene rings is 2. The van der Waals surface area contributed by atoms with Gasteiger partial charge in [-0.3, -0.25) is 0 Å². The van der Waals surface area contributed by atoms with Crippen molar-refractivity contribution in [3.05, 3.63) is 77.5 Å². The molecule has 1 atom stereocenters. The summed E-state index contributed by atoms with van der Waals surface area (Å²) in [6.45, 7) is 6.11. The fourth-order valence-electron chi connectivity index (χ4n) is 2.87. The zero-order valence-electron chi connectivity index (χ0n) is 16.4. The van der Waals surface area contributed by atoms with Gasteiger partial charge < -0.3 is 10.1 Å². The molecule has 1 unspecified atom stereocenters. The minimum atomic E-state index is -4.62. The van der Waals surface area contributed by atoms with Gasteiger partial charge in [0.1, 0.15) is 17.4 Å². The fourth-order valence-corrected chi connectivity index (χ4v) is 3.08. The second-order valence-electron chi connectivity index (χ2n) is 6.21. The van der Waals surface area contributed by atoms with Gasteiger partial charge in [0.05, 0.1) is 16.6 Å². The third-order valence-electron chi connectivity index (χ3n) is 4.14. The van der Waals surface area contributed by atoms with E-state index in [9.17, 15) is 22.0 Å². The van der Waals surface area contributed by atoms with Crippen molar-refractivity contribution in [2.45, 2.75) is 31.8 Å². The average molecular weight is 446 g/mol. The number of nitrogens with one attached hydrogen (secondary N) is 1. The molecule has 0 aliphatic carbocycles. The molecule has 0 aromatic heterocycles. The molecule has 0 spiro atoms. The van der Waals surface area contributed by atoms with E-state index in [1.54, 1.807) is 30.3 Å². The number of ether oxygens (including phenoxy) is 1. The quantitative estimate of drug-likeness (QED) is 0.407. The van der Waals surface area contributed by atoms with Crippen LogP contribution in [0, 0.1) is 11.6 Å². The van der Waals surface area contributed by atoms with Gasteiger partial charge in [0, 0.05) is 17.8 Å². The van der Waals surface area contributed by atoms with Crippen molar-refractivity contribution in [2.24, 2.45) is 0 Å². The molecule has 2 aromatic carbocycles. The third kappa shape index (κ3) is 5.75. The van der Waals surface area contributed by atoms with Crippen LogP contribution >= 0.6 is 11.6 Å². The topological polar surface area (TPSA) is 21.3 Å². The van der Waals surface area contributed by atoms with Gasteiger partial charge >= 0.3 is 6.18 Å². The SMILES string of the molecule is C=C1NC(c2c(F)cc(OCC(F)(F)F)cc2F)=C(c2ccccc2)CC1Cl.CC. The lowest BCUT2D eigenvalue weighted by molar-refractivity contribution is -0.153. The number of halogens is 6. The largest absolute Gasteiger partial charge is 0.484 e. The number of alkyl halides is 4. The average Bonchev–Trinajstić information content (AvgIpc) is 2.70. The highest BCUT2D eigenvalue weighted by Crippen LogP contribution is 2.38. The van der Waals surface area contributed by atoms with Crippen LogP contribution in [0.2, 0.25) is 0 Å². The molecule has 1 N–H and O–H groups in total. The molecule has 2 nitrogen and oxygen atoms in total. The van der Waals surface area contributed by atoms with Crippen LogP contribution in [0.4, 0.5) is 22.0 Å². The summed E-state index contributed by atoms with van der Waals surface area (Å²) < 4.78 is 70.7. The van der Waals surface area contributed by atoms with E-state index in [4.69, 9.17) is 11.6 Å². The molecule has 162 valence electrons. The molecule has 30 heavy (non-hydrogen) atoms. The number of allylic oxidation sites excluding steroid dienone is 2. The summed E-state index contributed by atoms with van der Waals surface area (Å²) in [4.78, 5) is 0. The van der Waals surface area contributed by atoms with Gasteiger partial charge in [-0.2, -0.15) is 13.2 Å². The van der Waals surface area contributed by atoms with Crippen molar-refractivity contribution < 1.29 is 26.7 Å². The highest BCUT2D eigenvalue weighted by atomic mass is 35.5. The Morgan fingerprint density at radius 2 is 1.67 bits per heavy atom. The molecular weight excluding hydrogens is 425 g/mol. The van der Waals surface area contributed by atoms with Crippen LogP contribution in [0.3, 0.4) is 0 Å². The first kappa shape index (κ1) is 23.7. The Morgan fingerprint density at radius 1 is 1.10 bits per heavy atom. The zero-order chi connectivity index (χ0) is 22.5. The lowest BCUT2D eigenvalue weighted by Gasteiger charge is -2.28. The summed E-state index contributed by atoms with van der Waals surface area (Å²) in [5, 5.41) is 2.35. The second kappa shape index (κ2) is 9.98. The molecule has 0 saturated carbocycles. The zero-order valence-corrected chi connectivity index (χ0v) is 17.2. The summed E-state index contributed by atoms with van der Waals surface area (Å²) in [6, 6.07) is 10.3. The Morgan fingerprint density at radius 3 is 2.20 bits per heavy atom. The smallest absolute Gasteiger partial charge is 0.422 e. The standard InChI is InChI=1S/C20H15ClF5NO.C2H6/c1-11-15(21)9-14(12-5-3-2-4-6-12)19(27-11)18-16(22)7-13(8-17(18)23)28-10-20(24,25)26;1-2/h2-8,15,27H,1,9-10H2;1-2H3. The lowest BCUT2D eigenvalue weighted by Crippen LogP contribution is -2.27. The minimum absolute atomic E-state index is 0.130. The number of rotatable bonds is 4. The maximum atomic E-state index is 14.7. The highest BCUT2D eigenvalue weighted by molar-refractivity contribution is 6.23. The molecule has 1 aliphatic rings. The maximum absolute atomic E-state index is 14.7.